The van der Waals surface area contributed by atoms with Crippen LogP contribution in [0.2, 0.25) is 0 Å². The zero-order valence-corrected chi connectivity index (χ0v) is 9.89. The van der Waals surface area contributed by atoms with Crippen molar-refractivity contribution in [3.05, 3.63) is 39.7 Å². The van der Waals surface area contributed by atoms with Gasteiger partial charge in [0.25, 0.3) is 0 Å². The maximum atomic E-state index is 8.24. The SMILES string of the molecule is COc1cc(-c2cc(CN=[N+]=[N-])sn2)ccn1. The van der Waals surface area contributed by atoms with E-state index < -0.39 is 0 Å². The molecule has 0 fully saturated rings. The fourth-order valence-corrected chi connectivity index (χ4v) is 1.96. The number of azide groups is 1. The fourth-order valence-electron chi connectivity index (χ4n) is 1.31. The van der Waals surface area contributed by atoms with Crippen molar-refractivity contribution in [2.45, 2.75) is 6.54 Å². The predicted octanol–water partition coefficient (Wildman–Crippen LogP) is 3.02. The van der Waals surface area contributed by atoms with E-state index in [-0.39, 0.29) is 0 Å². The third-order valence-electron chi connectivity index (χ3n) is 2.09. The van der Waals surface area contributed by atoms with E-state index in [2.05, 4.69) is 19.4 Å². The maximum Gasteiger partial charge on any atom is 0.213 e. The number of pyridine rings is 1. The second-order valence-corrected chi connectivity index (χ2v) is 4.04. The molecule has 2 aromatic heterocycles. The van der Waals surface area contributed by atoms with Gasteiger partial charge in [-0.15, -0.1) is 0 Å². The van der Waals surface area contributed by atoms with Gasteiger partial charge in [0.1, 0.15) is 0 Å². The Hall–Kier alpha value is -2.11. The summed E-state index contributed by atoms with van der Waals surface area (Å²) in [4.78, 5) is 7.67. The molecule has 2 rings (SSSR count). The number of hydrogen-bond acceptors (Lipinski definition) is 5. The zero-order valence-electron chi connectivity index (χ0n) is 9.07. The van der Waals surface area contributed by atoms with Crippen molar-refractivity contribution >= 4 is 11.5 Å². The van der Waals surface area contributed by atoms with E-state index in [4.69, 9.17) is 10.3 Å². The lowest BCUT2D eigenvalue weighted by atomic mass is 10.2. The van der Waals surface area contributed by atoms with E-state index in [1.165, 1.54) is 11.5 Å². The molecule has 2 heterocycles. The molecular formula is C10H9N5OS. The fraction of sp³-hybridized carbons (Fsp3) is 0.200. The van der Waals surface area contributed by atoms with Crippen molar-refractivity contribution in [3.63, 3.8) is 0 Å². The summed E-state index contributed by atoms with van der Waals surface area (Å²) in [7, 11) is 1.57. The second-order valence-electron chi connectivity index (χ2n) is 3.15. The van der Waals surface area contributed by atoms with Crippen LogP contribution in [0.25, 0.3) is 21.7 Å². The molecule has 0 saturated carbocycles. The molecule has 86 valence electrons. The minimum Gasteiger partial charge on any atom is -0.481 e. The molecule has 0 spiro atoms. The van der Waals surface area contributed by atoms with Crippen LogP contribution in [0.1, 0.15) is 4.88 Å². The molecule has 0 atom stereocenters. The van der Waals surface area contributed by atoms with Gasteiger partial charge in [-0.25, -0.2) is 4.98 Å². The minimum absolute atomic E-state index is 0.330. The van der Waals surface area contributed by atoms with Crippen molar-refractivity contribution in [1.82, 2.24) is 9.36 Å². The van der Waals surface area contributed by atoms with Gasteiger partial charge in [-0.3, -0.25) is 0 Å². The highest BCUT2D eigenvalue weighted by Crippen LogP contribution is 2.24. The molecule has 0 aliphatic rings. The summed E-state index contributed by atoms with van der Waals surface area (Å²) in [6, 6.07) is 5.56. The van der Waals surface area contributed by atoms with Crippen LogP contribution in [0.3, 0.4) is 0 Å². The highest BCUT2D eigenvalue weighted by atomic mass is 32.1. The Labute approximate surface area is 102 Å². The van der Waals surface area contributed by atoms with Crippen LogP contribution in [-0.4, -0.2) is 16.5 Å². The Bertz CT molecular complexity index is 561. The Kier molecular flexibility index (Phi) is 3.54. The van der Waals surface area contributed by atoms with Gasteiger partial charge in [0.15, 0.2) is 0 Å². The van der Waals surface area contributed by atoms with Gasteiger partial charge < -0.3 is 4.74 Å². The van der Waals surface area contributed by atoms with Gasteiger partial charge in [0, 0.05) is 27.6 Å². The lowest BCUT2D eigenvalue weighted by Crippen LogP contribution is -1.87. The first kappa shape index (κ1) is 11.4. The monoisotopic (exact) mass is 247 g/mol. The topological polar surface area (TPSA) is 83.8 Å². The minimum atomic E-state index is 0.330. The highest BCUT2D eigenvalue weighted by Gasteiger charge is 2.05. The molecule has 0 bridgehead atoms. The van der Waals surface area contributed by atoms with Gasteiger partial charge in [-0.1, -0.05) is 5.11 Å². The van der Waals surface area contributed by atoms with E-state index in [9.17, 15) is 0 Å². The number of hydrogen-bond donors (Lipinski definition) is 0. The van der Waals surface area contributed by atoms with Crippen LogP contribution in [-0.2, 0) is 6.54 Å². The van der Waals surface area contributed by atoms with Crippen molar-refractivity contribution in [3.8, 4) is 17.1 Å². The molecule has 0 aliphatic heterocycles. The smallest absolute Gasteiger partial charge is 0.213 e. The van der Waals surface area contributed by atoms with Gasteiger partial charge in [-0.05, 0) is 29.2 Å². The van der Waals surface area contributed by atoms with Crippen molar-refractivity contribution in [2.75, 3.05) is 7.11 Å². The summed E-state index contributed by atoms with van der Waals surface area (Å²) in [5.41, 5.74) is 10.0. The van der Waals surface area contributed by atoms with Crippen LogP contribution < -0.4 is 4.74 Å². The highest BCUT2D eigenvalue weighted by molar-refractivity contribution is 7.06. The largest absolute Gasteiger partial charge is 0.481 e. The normalized spacial score (nSPS) is 9.71. The Morgan fingerprint density at radius 3 is 3.18 bits per heavy atom. The first-order valence-electron chi connectivity index (χ1n) is 4.80. The quantitative estimate of drug-likeness (QED) is 0.473. The molecule has 17 heavy (non-hydrogen) atoms. The van der Waals surface area contributed by atoms with Crippen molar-refractivity contribution in [2.24, 2.45) is 5.11 Å². The van der Waals surface area contributed by atoms with E-state index in [0.717, 1.165) is 16.1 Å². The van der Waals surface area contributed by atoms with Crippen molar-refractivity contribution in [1.29, 1.82) is 0 Å². The maximum absolute atomic E-state index is 8.24. The van der Waals surface area contributed by atoms with Gasteiger partial charge in [0.05, 0.1) is 19.3 Å². The average Bonchev–Trinajstić information content (AvgIpc) is 2.85. The summed E-state index contributed by atoms with van der Waals surface area (Å²) in [6.45, 7) is 0.330. The molecule has 0 N–H and O–H groups in total. The van der Waals surface area contributed by atoms with Gasteiger partial charge >= 0.3 is 0 Å². The standard InChI is InChI=1S/C10H9N5OS/c1-16-10-4-7(2-3-12-10)9-5-8(17-14-9)6-13-15-11/h2-5H,6H2,1H3. The lowest BCUT2D eigenvalue weighted by molar-refractivity contribution is 0.398. The summed E-state index contributed by atoms with van der Waals surface area (Å²) < 4.78 is 9.34. The second kappa shape index (κ2) is 5.29. The van der Waals surface area contributed by atoms with E-state index in [1.807, 2.05) is 18.2 Å². The molecule has 6 nitrogen and oxygen atoms in total. The van der Waals surface area contributed by atoms with Crippen LogP contribution in [0.15, 0.2) is 29.5 Å². The number of nitrogens with zero attached hydrogens (tertiary/aromatic N) is 5. The Morgan fingerprint density at radius 1 is 1.53 bits per heavy atom. The molecule has 0 saturated heterocycles. The molecule has 7 heteroatoms. The van der Waals surface area contributed by atoms with Crippen molar-refractivity contribution < 1.29 is 4.74 Å². The summed E-state index contributed by atoms with van der Waals surface area (Å²) >= 11 is 1.32. The number of rotatable bonds is 4. The van der Waals surface area contributed by atoms with Gasteiger partial charge in [-0.2, -0.15) is 4.37 Å². The lowest BCUT2D eigenvalue weighted by Gasteiger charge is -1.99. The molecule has 0 radical (unpaired) electrons. The number of ether oxygens (including phenoxy) is 1. The predicted molar refractivity (Wildman–Crippen MR) is 64.7 cm³/mol. The zero-order chi connectivity index (χ0) is 12.1. The molecular weight excluding hydrogens is 238 g/mol. The van der Waals surface area contributed by atoms with Crippen LogP contribution in [0.5, 0.6) is 5.88 Å². The summed E-state index contributed by atoms with van der Waals surface area (Å²) in [5.74, 6) is 0.548. The van der Waals surface area contributed by atoms with Crippen LogP contribution in [0.4, 0.5) is 0 Å². The average molecular weight is 247 g/mol. The first-order chi connectivity index (χ1) is 8.33. The summed E-state index contributed by atoms with van der Waals surface area (Å²) in [5, 5.41) is 3.50. The van der Waals surface area contributed by atoms with Crippen LogP contribution in [0, 0.1) is 0 Å². The van der Waals surface area contributed by atoms with E-state index >= 15 is 0 Å². The molecule has 2 aromatic rings. The third-order valence-corrected chi connectivity index (χ3v) is 2.86. The first-order valence-corrected chi connectivity index (χ1v) is 5.57. The van der Waals surface area contributed by atoms with E-state index in [0.29, 0.717) is 12.4 Å². The summed E-state index contributed by atoms with van der Waals surface area (Å²) in [6.07, 6.45) is 1.67. The van der Waals surface area contributed by atoms with E-state index in [1.54, 1.807) is 13.3 Å². The van der Waals surface area contributed by atoms with Gasteiger partial charge in [0.2, 0.25) is 5.88 Å². The van der Waals surface area contributed by atoms with Crippen LogP contribution >= 0.6 is 11.5 Å². The Morgan fingerprint density at radius 2 is 2.41 bits per heavy atom. The molecule has 0 aromatic carbocycles. The Balaban J connectivity index is 2.26. The number of methoxy groups -OCH3 is 1. The number of aromatic nitrogens is 2. The third kappa shape index (κ3) is 2.72. The molecule has 0 unspecified atom stereocenters. The molecule has 0 aliphatic carbocycles. The molecule has 0 amide bonds.